The summed E-state index contributed by atoms with van der Waals surface area (Å²) in [6, 6.07) is 12.7. The van der Waals surface area contributed by atoms with E-state index < -0.39 is 11.7 Å². The van der Waals surface area contributed by atoms with Gasteiger partial charge in [-0.25, -0.2) is 14.4 Å². The van der Waals surface area contributed by atoms with E-state index in [9.17, 15) is 17.6 Å². The third-order valence-electron chi connectivity index (χ3n) is 5.65. The van der Waals surface area contributed by atoms with E-state index in [0.717, 1.165) is 29.2 Å². The highest BCUT2D eigenvalue weighted by atomic mass is 32.1. The smallest absolute Gasteiger partial charge is 0.368 e. The number of aromatic nitrogens is 2. The first-order chi connectivity index (χ1) is 17.6. The number of alkyl halides is 3. The second kappa shape index (κ2) is 11.1. The number of hydrogen-bond acceptors (Lipinski definition) is 4. The Balaban J connectivity index is 1.51. The maximum Gasteiger partial charge on any atom is 0.416 e. The van der Waals surface area contributed by atoms with Gasteiger partial charge in [-0.2, -0.15) is 18.2 Å². The van der Waals surface area contributed by atoms with Crippen LogP contribution < -0.4 is 15.5 Å². The lowest BCUT2D eigenvalue weighted by molar-refractivity contribution is -0.137. The molecule has 7 nitrogen and oxygen atoms in total. The summed E-state index contributed by atoms with van der Waals surface area (Å²) in [6.07, 6.45) is -4.42. The van der Waals surface area contributed by atoms with Crippen LogP contribution in [0.25, 0.3) is 0 Å². The van der Waals surface area contributed by atoms with E-state index >= 15 is 0 Å². The summed E-state index contributed by atoms with van der Waals surface area (Å²) in [5.41, 5.74) is 2.11. The van der Waals surface area contributed by atoms with Crippen LogP contribution >= 0.6 is 12.2 Å². The van der Waals surface area contributed by atoms with Gasteiger partial charge in [0.25, 0.3) is 0 Å². The molecule has 1 saturated heterocycles. The Morgan fingerprint density at radius 2 is 1.49 bits per heavy atom. The lowest BCUT2D eigenvalue weighted by Gasteiger charge is -2.37. The maximum absolute atomic E-state index is 13.3. The molecule has 0 aliphatic carbocycles. The molecule has 1 fully saturated rings. The number of rotatable bonds is 3. The maximum atomic E-state index is 13.3. The van der Waals surface area contributed by atoms with Gasteiger partial charge in [0.05, 0.1) is 5.56 Å². The summed E-state index contributed by atoms with van der Waals surface area (Å²) in [5.74, 6) is 0.478. The molecule has 0 radical (unpaired) electrons. The SMILES string of the molecule is Cc1cc(C)nc(N/C(=N/C(=S)Nc2ccc(C(F)(F)F)cc2)N2CCN(c3ccc(F)cc3)CC2)n1. The van der Waals surface area contributed by atoms with Gasteiger partial charge in [-0.1, -0.05) is 0 Å². The molecule has 37 heavy (non-hydrogen) atoms. The van der Waals surface area contributed by atoms with Crippen LogP contribution in [0.1, 0.15) is 17.0 Å². The second-order valence-corrected chi connectivity index (χ2v) is 8.88. The van der Waals surface area contributed by atoms with E-state index in [1.807, 2.05) is 24.8 Å². The number of benzene rings is 2. The van der Waals surface area contributed by atoms with E-state index in [4.69, 9.17) is 12.2 Å². The molecule has 1 aliphatic heterocycles. The Bertz CT molecular complexity index is 1250. The molecular formula is C25H25F4N7S. The average Bonchev–Trinajstić information content (AvgIpc) is 2.83. The fourth-order valence-corrected chi connectivity index (χ4v) is 4.08. The molecule has 0 saturated carbocycles. The molecule has 2 N–H and O–H groups in total. The van der Waals surface area contributed by atoms with Gasteiger partial charge in [0.2, 0.25) is 17.0 Å². The van der Waals surface area contributed by atoms with Crippen LogP contribution in [-0.4, -0.2) is 52.1 Å². The molecule has 1 aromatic heterocycles. The van der Waals surface area contributed by atoms with E-state index in [1.165, 1.54) is 24.3 Å². The molecule has 0 atom stereocenters. The van der Waals surface area contributed by atoms with Gasteiger partial charge in [-0.05, 0) is 80.7 Å². The molecule has 1 aliphatic rings. The molecule has 12 heteroatoms. The standard InChI is InChI=1S/C25H25F4N7S/c1-16-15-17(2)31-22(30-16)33-23(34-24(37)32-20-7-3-18(4-8-20)25(27,28)29)36-13-11-35(12-14-36)21-9-5-19(26)6-10-21/h3-10,15H,11-14H2,1-2H3,(H2,30,31,32,33,34,37). The van der Waals surface area contributed by atoms with Crippen molar-refractivity contribution in [3.8, 4) is 0 Å². The van der Waals surface area contributed by atoms with Crippen molar-refractivity contribution in [1.29, 1.82) is 0 Å². The molecule has 0 amide bonds. The highest BCUT2D eigenvalue weighted by Gasteiger charge is 2.30. The zero-order chi connectivity index (χ0) is 26.6. The minimum absolute atomic E-state index is 0.0626. The summed E-state index contributed by atoms with van der Waals surface area (Å²) in [6.45, 7) is 6.18. The first-order valence-corrected chi connectivity index (χ1v) is 11.9. The van der Waals surface area contributed by atoms with Crippen molar-refractivity contribution >= 4 is 40.6 Å². The highest BCUT2D eigenvalue weighted by molar-refractivity contribution is 7.80. The largest absolute Gasteiger partial charge is 0.416 e. The zero-order valence-electron chi connectivity index (χ0n) is 20.2. The molecule has 3 aromatic rings. The van der Waals surface area contributed by atoms with E-state index in [1.54, 1.807) is 12.1 Å². The molecule has 0 bridgehead atoms. The van der Waals surface area contributed by atoms with Crippen molar-refractivity contribution < 1.29 is 17.6 Å². The molecule has 2 heterocycles. The number of thiocarbonyl (C=S) groups is 1. The van der Waals surface area contributed by atoms with Crippen molar-refractivity contribution in [2.75, 3.05) is 41.7 Å². The van der Waals surface area contributed by atoms with Crippen molar-refractivity contribution in [3.63, 3.8) is 0 Å². The van der Waals surface area contributed by atoms with Gasteiger partial charge in [-0.15, -0.1) is 0 Å². The van der Waals surface area contributed by atoms with Crippen molar-refractivity contribution in [3.05, 3.63) is 77.4 Å². The predicted molar refractivity (Wildman–Crippen MR) is 140 cm³/mol. The quantitative estimate of drug-likeness (QED) is 0.207. The van der Waals surface area contributed by atoms with Crippen LogP contribution in [0.2, 0.25) is 0 Å². The Hall–Kier alpha value is -3.80. The van der Waals surface area contributed by atoms with Crippen LogP contribution in [0.4, 0.5) is 34.9 Å². The minimum Gasteiger partial charge on any atom is -0.368 e. The number of hydrogen-bond donors (Lipinski definition) is 2. The number of nitrogens with one attached hydrogen (secondary N) is 2. The third kappa shape index (κ3) is 7.13. The van der Waals surface area contributed by atoms with Crippen LogP contribution in [0.15, 0.2) is 59.6 Å². The Morgan fingerprint density at radius 3 is 2.05 bits per heavy atom. The molecule has 2 aromatic carbocycles. The van der Waals surface area contributed by atoms with Gasteiger partial charge < -0.3 is 15.1 Å². The molecule has 194 valence electrons. The highest BCUT2D eigenvalue weighted by Crippen LogP contribution is 2.29. The average molecular weight is 532 g/mol. The number of aliphatic imine (C=N–C) groups is 1. The van der Waals surface area contributed by atoms with Gasteiger partial charge in [0, 0.05) is 48.9 Å². The van der Waals surface area contributed by atoms with Crippen LogP contribution in [0.3, 0.4) is 0 Å². The van der Waals surface area contributed by atoms with Gasteiger partial charge >= 0.3 is 6.18 Å². The second-order valence-electron chi connectivity index (χ2n) is 8.49. The van der Waals surface area contributed by atoms with Crippen molar-refractivity contribution in [2.45, 2.75) is 20.0 Å². The number of aryl methyl sites for hydroxylation is 2. The van der Waals surface area contributed by atoms with E-state index in [-0.39, 0.29) is 10.9 Å². The van der Waals surface area contributed by atoms with Gasteiger partial charge in [-0.3, -0.25) is 5.32 Å². The van der Waals surface area contributed by atoms with Crippen molar-refractivity contribution in [1.82, 2.24) is 14.9 Å². The van der Waals surface area contributed by atoms with Crippen LogP contribution in [-0.2, 0) is 6.18 Å². The van der Waals surface area contributed by atoms with E-state index in [0.29, 0.717) is 43.8 Å². The first-order valence-electron chi connectivity index (χ1n) is 11.5. The summed E-state index contributed by atoms with van der Waals surface area (Å²) in [7, 11) is 0. The summed E-state index contributed by atoms with van der Waals surface area (Å²) in [4.78, 5) is 17.5. The summed E-state index contributed by atoms with van der Waals surface area (Å²) < 4.78 is 51.9. The van der Waals surface area contributed by atoms with Gasteiger partial charge in [0.15, 0.2) is 0 Å². The predicted octanol–water partition coefficient (Wildman–Crippen LogP) is 5.24. The third-order valence-corrected chi connectivity index (χ3v) is 5.84. The van der Waals surface area contributed by atoms with E-state index in [2.05, 4.69) is 30.5 Å². The Labute approximate surface area is 217 Å². The molecule has 0 unspecified atom stereocenters. The number of anilines is 3. The first kappa shape index (κ1) is 26.3. The summed E-state index contributed by atoms with van der Waals surface area (Å²) in [5, 5.41) is 6.07. The fraction of sp³-hybridized carbons (Fsp3) is 0.280. The van der Waals surface area contributed by atoms with Crippen molar-refractivity contribution in [2.24, 2.45) is 4.99 Å². The number of guanidine groups is 1. The van der Waals surface area contributed by atoms with Crippen LogP contribution in [0, 0.1) is 19.7 Å². The fourth-order valence-electron chi connectivity index (χ4n) is 3.88. The topological polar surface area (TPSA) is 68.7 Å². The zero-order valence-corrected chi connectivity index (χ0v) is 21.0. The summed E-state index contributed by atoms with van der Waals surface area (Å²) >= 11 is 5.39. The number of halogens is 4. The van der Waals surface area contributed by atoms with Crippen LogP contribution in [0.5, 0.6) is 0 Å². The Kier molecular flexibility index (Phi) is 7.86. The lowest BCUT2D eigenvalue weighted by atomic mass is 10.2. The van der Waals surface area contributed by atoms with Gasteiger partial charge in [0.1, 0.15) is 5.82 Å². The molecule has 0 spiro atoms. The minimum atomic E-state index is -4.42. The molecule has 4 rings (SSSR count). The monoisotopic (exact) mass is 531 g/mol. The lowest BCUT2D eigenvalue weighted by Crippen LogP contribution is -2.51. The normalized spacial score (nSPS) is 14.5. The number of nitrogens with zero attached hydrogens (tertiary/aromatic N) is 5. The molecular weight excluding hydrogens is 506 g/mol. The number of piperazine rings is 1. The Morgan fingerprint density at radius 1 is 0.892 bits per heavy atom.